The number of hydrogen-bond acceptors (Lipinski definition) is 7. The molecule has 0 bridgehead atoms. The molecule has 0 aromatic heterocycles. The molecule has 0 heterocycles. The molecule has 0 aliphatic heterocycles. The molecule has 2 aromatic rings. The van der Waals surface area contributed by atoms with Crippen molar-refractivity contribution in [2.45, 2.75) is 21.6 Å². The molecular weight excluding hydrogens is 372 g/mol. The Morgan fingerprint density at radius 1 is 1.04 bits per heavy atom. The molecule has 132 valence electrons. The second kappa shape index (κ2) is 9.79. The van der Waals surface area contributed by atoms with E-state index in [0.717, 1.165) is 26.1 Å². The van der Waals surface area contributed by atoms with Gasteiger partial charge in [0.2, 0.25) is 0 Å². The SMILES string of the molecule is COc1ccc(NN=C(Sc2c(SC)cccc2SC)C(C)=O)cc1. The molecule has 0 aliphatic carbocycles. The van der Waals surface area contributed by atoms with Crippen LogP contribution in [0.1, 0.15) is 6.92 Å². The van der Waals surface area contributed by atoms with Gasteiger partial charge in [0.1, 0.15) is 5.75 Å². The summed E-state index contributed by atoms with van der Waals surface area (Å²) in [6.45, 7) is 1.53. The predicted molar refractivity (Wildman–Crippen MR) is 111 cm³/mol. The second-order valence-electron chi connectivity index (χ2n) is 4.91. The monoisotopic (exact) mass is 392 g/mol. The summed E-state index contributed by atoms with van der Waals surface area (Å²) >= 11 is 4.72. The fraction of sp³-hybridized carbons (Fsp3) is 0.222. The summed E-state index contributed by atoms with van der Waals surface area (Å²) in [5, 5.41) is 4.74. The number of methoxy groups -OCH3 is 1. The number of anilines is 1. The lowest BCUT2D eigenvalue weighted by atomic mass is 10.3. The van der Waals surface area contributed by atoms with Gasteiger partial charge in [-0.1, -0.05) is 17.8 Å². The number of hydrazone groups is 1. The Bertz CT molecular complexity index is 739. The molecule has 4 nitrogen and oxygen atoms in total. The number of thioether (sulfide) groups is 3. The van der Waals surface area contributed by atoms with Crippen LogP contribution in [-0.2, 0) is 4.79 Å². The first-order chi connectivity index (χ1) is 12.1. The first-order valence-corrected chi connectivity index (χ1v) is 10.7. The lowest BCUT2D eigenvalue weighted by Crippen LogP contribution is -2.08. The molecule has 0 saturated heterocycles. The Morgan fingerprint density at radius 2 is 1.64 bits per heavy atom. The zero-order valence-corrected chi connectivity index (χ0v) is 17.0. The van der Waals surface area contributed by atoms with Gasteiger partial charge in [0.05, 0.1) is 12.8 Å². The summed E-state index contributed by atoms with van der Waals surface area (Å²) in [7, 11) is 1.62. The molecule has 2 aromatic carbocycles. The number of Topliss-reactive ketones (excluding diaryl/α,β-unsaturated/α-hetero) is 1. The Morgan fingerprint density at radius 3 is 2.12 bits per heavy atom. The molecule has 0 aliphatic rings. The Labute approximate surface area is 161 Å². The molecule has 7 heteroatoms. The van der Waals surface area contributed by atoms with Crippen molar-refractivity contribution in [3.8, 4) is 5.75 Å². The van der Waals surface area contributed by atoms with Crippen LogP contribution in [0.5, 0.6) is 5.75 Å². The van der Waals surface area contributed by atoms with Crippen LogP contribution in [0, 0.1) is 0 Å². The highest BCUT2D eigenvalue weighted by Crippen LogP contribution is 2.38. The lowest BCUT2D eigenvalue weighted by Gasteiger charge is -2.12. The highest BCUT2D eigenvalue weighted by atomic mass is 32.2. The van der Waals surface area contributed by atoms with Gasteiger partial charge in [-0.3, -0.25) is 10.2 Å². The van der Waals surface area contributed by atoms with Crippen molar-refractivity contribution in [1.29, 1.82) is 0 Å². The maximum absolute atomic E-state index is 12.0. The molecule has 0 unspecified atom stereocenters. The van der Waals surface area contributed by atoms with Gasteiger partial charge in [-0.25, -0.2) is 0 Å². The van der Waals surface area contributed by atoms with Crippen molar-refractivity contribution in [3.05, 3.63) is 42.5 Å². The van der Waals surface area contributed by atoms with Gasteiger partial charge in [0.15, 0.2) is 10.8 Å². The van der Waals surface area contributed by atoms with E-state index in [1.807, 2.05) is 42.8 Å². The third kappa shape index (κ3) is 5.45. The van der Waals surface area contributed by atoms with E-state index in [1.54, 1.807) is 30.6 Å². The van der Waals surface area contributed by atoms with Gasteiger partial charge < -0.3 is 4.74 Å². The van der Waals surface area contributed by atoms with E-state index in [-0.39, 0.29) is 5.78 Å². The van der Waals surface area contributed by atoms with E-state index >= 15 is 0 Å². The summed E-state index contributed by atoms with van der Waals surface area (Å²) in [6, 6.07) is 13.5. The third-order valence-electron chi connectivity index (χ3n) is 3.26. The molecule has 2 rings (SSSR count). The Balaban J connectivity index is 2.25. The lowest BCUT2D eigenvalue weighted by molar-refractivity contribution is -0.110. The van der Waals surface area contributed by atoms with Crippen LogP contribution in [0.4, 0.5) is 5.69 Å². The molecule has 25 heavy (non-hydrogen) atoms. The first kappa shape index (κ1) is 19.8. The smallest absolute Gasteiger partial charge is 0.186 e. The van der Waals surface area contributed by atoms with Gasteiger partial charge in [-0.05, 0) is 48.9 Å². The van der Waals surface area contributed by atoms with E-state index in [0.29, 0.717) is 5.04 Å². The summed E-state index contributed by atoms with van der Waals surface area (Å²) in [5.74, 6) is 0.697. The third-order valence-corrected chi connectivity index (χ3v) is 6.29. The van der Waals surface area contributed by atoms with Gasteiger partial charge in [-0.2, -0.15) is 5.10 Å². The second-order valence-corrected chi connectivity index (χ2v) is 7.60. The minimum atomic E-state index is -0.0750. The Hall–Kier alpha value is -1.57. The fourth-order valence-electron chi connectivity index (χ4n) is 1.97. The van der Waals surface area contributed by atoms with E-state index in [1.165, 1.54) is 18.7 Å². The number of nitrogens with zero attached hydrogens (tertiary/aromatic N) is 1. The molecule has 1 N–H and O–H groups in total. The highest BCUT2D eigenvalue weighted by molar-refractivity contribution is 8.16. The first-order valence-electron chi connectivity index (χ1n) is 7.46. The fourth-order valence-corrected chi connectivity index (χ4v) is 4.57. The molecule has 0 atom stereocenters. The van der Waals surface area contributed by atoms with E-state index in [9.17, 15) is 4.79 Å². The van der Waals surface area contributed by atoms with Crippen LogP contribution in [0.25, 0.3) is 0 Å². The number of benzene rings is 2. The number of carbonyl (C=O) groups excluding carboxylic acids is 1. The van der Waals surface area contributed by atoms with Crippen LogP contribution in [0.2, 0.25) is 0 Å². The Kier molecular flexibility index (Phi) is 7.74. The van der Waals surface area contributed by atoms with Crippen molar-refractivity contribution >= 4 is 51.8 Å². The van der Waals surface area contributed by atoms with Crippen molar-refractivity contribution in [1.82, 2.24) is 0 Å². The van der Waals surface area contributed by atoms with Crippen LogP contribution < -0.4 is 10.2 Å². The number of ether oxygens (including phenoxy) is 1. The standard InChI is InChI=1S/C18H20N2O2S3/c1-12(21)18(20-19-13-8-10-14(22-2)11-9-13)25-17-15(23-3)6-5-7-16(17)24-4/h5-11,19H,1-4H3. The van der Waals surface area contributed by atoms with Gasteiger partial charge >= 0.3 is 0 Å². The van der Waals surface area contributed by atoms with Gasteiger partial charge in [0.25, 0.3) is 0 Å². The number of nitrogens with one attached hydrogen (secondary N) is 1. The molecule has 0 radical (unpaired) electrons. The molecule has 0 fully saturated rings. The van der Waals surface area contributed by atoms with Crippen LogP contribution in [0.3, 0.4) is 0 Å². The average Bonchev–Trinajstić information content (AvgIpc) is 2.65. The minimum absolute atomic E-state index is 0.0750. The maximum atomic E-state index is 12.0. The average molecular weight is 393 g/mol. The largest absolute Gasteiger partial charge is 0.497 e. The number of carbonyl (C=O) groups is 1. The number of hydrogen-bond donors (Lipinski definition) is 1. The highest BCUT2D eigenvalue weighted by Gasteiger charge is 2.15. The minimum Gasteiger partial charge on any atom is -0.497 e. The van der Waals surface area contributed by atoms with Crippen LogP contribution in [-0.4, -0.2) is 30.4 Å². The van der Waals surface area contributed by atoms with E-state index < -0.39 is 0 Å². The zero-order valence-electron chi connectivity index (χ0n) is 14.5. The number of rotatable bonds is 7. The van der Waals surface area contributed by atoms with Crippen LogP contribution >= 0.6 is 35.3 Å². The van der Waals surface area contributed by atoms with E-state index in [4.69, 9.17) is 4.74 Å². The summed E-state index contributed by atoms with van der Waals surface area (Å²) in [5.41, 5.74) is 3.74. The summed E-state index contributed by atoms with van der Waals surface area (Å²) in [6.07, 6.45) is 4.06. The van der Waals surface area contributed by atoms with E-state index in [2.05, 4.69) is 22.7 Å². The van der Waals surface area contributed by atoms with Crippen molar-refractivity contribution in [2.75, 3.05) is 25.0 Å². The summed E-state index contributed by atoms with van der Waals surface area (Å²) in [4.78, 5) is 15.4. The maximum Gasteiger partial charge on any atom is 0.186 e. The normalized spacial score (nSPS) is 11.3. The number of ketones is 1. The zero-order chi connectivity index (χ0) is 18.2. The molecule has 0 amide bonds. The summed E-state index contributed by atoms with van der Waals surface area (Å²) < 4.78 is 5.14. The predicted octanol–water partition coefficient (Wildman–Crippen LogP) is 5.25. The van der Waals surface area contributed by atoms with Crippen LogP contribution in [0.15, 0.2) is 62.3 Å². The van der Waals surface area contributed by atoms with Gasteiger partial charge in [0, 0.05) is 21.6 Å². The molecule has 0 saturated carbocycles. The molecular formula is C18H20N2O2S3. The molecule has 0 spiro atoms. The van der Waals surface area contributed by atoms with Crippen molar-refractivity contribution in [2.24, 2.45) is 5.10 Å². The van der Waals surface area contributed by atoms with Crippen molar-refractivity contribution < 1.29 is 9.53 Å². The topological polar surface area (TPSA) is 50.7 Å². The quantitative estimate of drug-likeness (QED) is 0.301. The van der Waals surface area contributed by atoms with Gasteiger partial charge in [-0.15, -0.1) is 23.5 Å². The van der Waals surface area contributed by atoms with Crippen molar-refractivity contribution in [3.63, 3.8) is 0 Å².